The molecule has 0 amide bonds. The Kier molecular flexibility index (Phi) is 6.49. The maximum atomic E-state index is 13.3. The molecule has 1 aliphatic heterocycles. The molecular weight excluding hydrogens is 419 g/mol. The van der Waals surface area contributed by atoms with Crippen LogP contribution < -0.4 is 0 Å². The minimum absolute atomic E-state index is 0.0417. The molecule has 2 aromatic carbocycles. The molecule has 0 fully saturated rings. The summed E-state index contributed by atoms with van der Waals surface area (Å²) in [4.78, 5) is 22.1. The Balaban J connectivity index is 1.56. The molecule has 1 aliphatic rings. The molecule has 33 heavy (non-hydrogen) atoms. The predicted molar refractivity (Wildman–Crippen MR) is 125 cm³/mol. The molecule has 5 nitrogen and oxygen atoms in total. The van der Waals surface area contributed by atoms with E-state index in [1.165, 1.54) is 12.1 Å². The van der Waals surface area contributed by atoms with Gasteiger partial charge in [0.25, 0.3) is 0 Å². The van der Waals surface area contributed by atoms with Crippen LogP contribution in [0.4, 0.5) is 4.39 Å². The van der Waals surface area contributed by atoms with Crippen molar-refractivity contribution in [1.82, 2.24) is 4.98 Å². The van der Waals surface area contributed by atoms with Crippen LogP contribution in [0.3, 0.4) is 0 Å². The lowest BCUT2D eigenvalue weighted by atomic mass is 9.80. The number of pyridine rings is 1. The van der Waals surface area contributed by atoms with Gasteiger partial charge in [-0.15, -0.1) is 0 Å². The number of rotatable bonds is 8. The molecule has 6 heteroatoms. The molecule has 3 aromatic rings. The van der Waals surface area contributed by atoms with E-state index in [2.05, 4.69) is 9.98 Å². The van der Waals surface area contributed by atoms with E-state index in [0.717, 1.165) is 22.3 Å². The highest BCUT2D eigenvalue weighted by atomic mass is 19.1. The van der Waals surface area contributed by atoms with Gasteiger partial charge in [-0.3, -0.25) is 14.8 Å². The molecule has 2 heterocycles. The van der Waals surface area contributed by atoms with Crippen molar-refractivity contribution in [3.8, 4) is 0 Å². The van der Waals surface area contributed by atoms with Crippen LogP contribution in [-0.2, 0) is 24.4 Å². The van der Waals surface area contributed by atoms with Crippen LogP contribution in [0, 0.1) is 5.82 Å². The summed E-state index contributed by atoms with van der Waals surface area (Å²) in [7, 11) is 0. The fourth-order valence-corrected chi connectivity index (χ4v) is 4.39. The zero-order chi connectivity index (χ0) is 23.6. The first-order chi connectivity index (χ1) is 15.8. The Morgan fingerprint density at radius 2 is 1.82 bits per heavy atom. The van der Waals surface area contributed by atoms with Gasteiger partial charge in [0.05, 0.1) is 30.2 Å². The van der Waals surface area contributed by atoms with Gasteiger partial charge in [0.15, 0.2) is 0 Å². The van der Waals surface area contributed by atoms with Crippen molar-refractivity contribution in [3.05, 3.63) is 100 Å². The topological polar surface area (TPSA) is 82.8 Å². The molecule has 0 saturated carbocycles. The van der Waals surface area contributed by atoms with Crippen molar-refractivity contribution in [2.45, 2.75) is 51.4 Å². The maximum absolute atomic E-state index is 13.3. The lowest BCUT2D eigenvalue weighted by Crippen LogP contribution is -2.31. The molecule has 0 aliphatic carbocycles. The number of aliphatic imine (C=N–C) groups is 1. The van der Waals surface area contributed by atoms with E-state index >= 15 is 0 Å². The molecule has 0 bridgehead atoms. The van der Waals surface area contributed by atoms with E-state index in [1.54, 1.807) is 26.0 Å². The minimum atomic E-state index is -1.06. The number of hydrogen-bond donors (Lipinski definition) is 2. The second-order valence-corrected chi connectivity index (χ2v) is 8.96. The van der Waals surface area contributed by atoms with Crippen LogP contribution in [0.15, 0.2) is 65.7 Å². The Bertz CT molecular complexity index is 1180. The number of carbonyl (C=O) groups is 1. The largest absolute Gasteiger partial charge is 0.390 e. The van der Waals surface area contributed by atoms with Gasteiger partial charge in [0.1, 0.15) is 11.6 Å². The van der Waals surface area contributed by atoms with E-state index in [-0.39, 0.29) is 37.0 Å². The third-order valence-corrected chi connectivity index (χ3v) is 6.01. The highest BCUT2D eigenvalue weighted by molar-refractivity contribution is 6.15. The number of hydrogen-bond acceptors (Lipinski definition) is 5. The zero-order valence-electron chi connectivity index (χ0n) is 18.8. The number of aromatic nitrogens is 1. The number of fused-ring (bicyclic) bond motifs is 1. The fraction of sp³-hybridized carbons (Fsp3) is 0.296. The van der Waals surface area contributed by atoms with Crippen LogP contribution in [0.5, 0.6) is 0 Å². The Labute approximate surface area is 192 Å². The fourth-order valence-electron chi connectivity index (χ4n) is 4.39. The van der Waals surface area contributed by atoms with Gasteiger partial charge < -0.3 is 10.2 Å². The lowest BCUT2D eigenvalue weighted by molar-refractivity contribution is -0.120. The van der Waals surface area contributed by atoms with Crippen LogP contribution in [-0.4, -0.2) is 32.3 Å². The Morgan fingerprint density at radius 3 is 2.45 bits per heavy atom. The van der Waals surface area contributed by atoms with Crippen molar-refractivity contribution in [3.63, 3.8) is 0 Å². The van der Waals surface area contributed by atoms with Crippen LogP contribution in [0.2, 0.25) is 0 Å². The quantitative estimate of drug-likeness (QED) is 0.545. The standard InChI is InChI=1S/C27H27FN2O3/c1-27(2,33)23(17-6-4-3-5-7-17)14-22(32)13-21-12-19-15-29-26(25(19)24(16-31)30-21)18-8-10-20(28)11-9-18/h3-12,23,31,33H,13-16H2,1-2H3/t23-/m0/s1. The number of halogens is 1. The summed E-state index contributed by atoms with van der Waals surface area (Å²) in [6, 6.07) is 17.4. The van der Waals surface area contributed by atoms with Gasteiger partial charge >= 0.3 is 0 Å². The van der Waals surface area contributed by atoms with E-state index in [1.807, 2.05) is 36.4 Å². The number of aliphatic hydroxyl groups excluding tert-OH is 1. The summed E-state index contributed by atoms with van der Waals surface area (Å²) in [6.07, 6.45) is 0.281. The van der Waals surface area contributed by atoms with Crippen molar-refractivity contribution in [1.29, 1.82) is 0 Å². The maximum Gasteiger partial charge on any atom is 0.139 e. The summed E-state index contributed by atoms with van der Waals surface area (Å²) in [5.41, 5.74) is 3.94. The first-order valence-corrected chi connectivity index (χ1v) is 11.0. The number of carbonyl (C=O) groups excluding carboxylic acids is 1. The Hall–Kier alpha value is -3.22. The molecule has 0 spiro atoms. The number of benzene rings is 2. The average molecular weight is 447 g/mol. The predicted octanol–water partition coefficient (Wildman–Crippen LogP) is 4.12. The third kappa shape index (κ3) is 5.07. The summed E-state index contributed by atoms with van der Waals surface area (Å²) < 4.78 is 13.3. The second-order valence-electron chi connectivity index (χ2n) is 8.96. The van der Waals surface area contributed by atoms with Gasteiger partial charge in [-0.05, 0) is 55.3 Å². The first kappa shape index (κ1) is 23.0. The lowest BCUT2D eigenvalue weighted by Gasteiger charge is -2.29. The highest BCUT2D eigenvalue weighted by Crippen LogP contribution is 2.32. The third-order valence-electron chi connectivity index (χ3n) is 6.01. The van der Waals surface area contributed by atoms with Gasteiger partial charge in [0, 0.05) is 35.6 Å². The summed E-state index contributed by atoms with van der Waals surface area (Å²) >= 11 is 0. The second kappa shape index (κ2) is 9.33. The van der Waals surface area contributed by atoms with Gasteiger partial charge in [0.2, 0.25) is 0 Å². The normalized spacial score (nSPS) is 14.0. The van der Waals surface area contributed by atoms with E-state index in [9.17, 15) is 19.4 Å². The molecule has 2 N–H and O–H groups in total. The molecule has 170 valence electrons. The molecule has 1 aromatic heterocycles. The number of Topliss-reactive ketones (excluding diaryl/α,β-unsaturated/α-hetero) is 1. The number of ketones is 1. The van der Waals surface area contributed by atoms with Crippen molar-refractivity contribution in [2.24, 2.45) is 4.99 Å². The smallest absolute Gasteiger partial charge is 0.139 e. The molecule has 0 radical (unpaired) electrons. The van der Waals surface area contributed by atoms with Crippen molar-refractivity contribution >= 4 is 11.5 Å². The van der Waals surface area contributed by atoms with Crippen LogP contribution in [0.1, 0.15) is 59.8 Å². The average Bonchev–Trinajstić information content (AvgIpc) is 3.21. The minimum Gasteiger partial charge on any atom is -0.390 e. The van der Waals surface area contributed by atoms with E-state index < -0.39 is 5.60 Å². The van der Waals surface area contributed by atoms with Crippen LogP contribution in [0.25, 0.3) is 0 Å². The van der Waals surface area contributed by atoms with Crippen molar-refractivity contribution < 1.29 is 19.4 Å². The summed E-state index contributed by atoms with van der Waals surface area (Å²) in [5, 5.41) is 20.6. The molecule has 0 unspecified atom stereocenters. The van der Waals surface area contributed by atoms with Gasteiger partial charge in [-0.25, -0.2) is 4.39 Å². The monoisotopic (exact) mass is 446 g/mol. The number of aliphatic hydroxyl groups is 2. The van der Waals surface area contributed by atoms with Gasteiger partial charge in [-0.1, -0.05) is 30.3 Å². The summed E-state index contributed by atoms with van der Waals surface area (Å²) in [6.45, 7) is 3.55. The van der Waals surface area contributed by atoms with Gasteiger partial charge in [-0.2, -0.15) is 0 Å². The zero-order valence-corrected chi connectivity index (χ0v) is 18.8. The Morgan fingerprint density at radius 1 is 1.12 bits per heavy atom. The highest BCUT2D eigenvalue weighted by Gasteiger charge is 2.31. The molecule has 0 saturated heterocycles. The van der Waals surface area contributed by atoms with Crippen LogP contribution >= 0.6 is 0 Å². The molecule has 4 rings (SSSR count). The molecule has 1 atom stereocenters. The molecular formula is C27H27FN2O3. The number of nitrogens with zero attached hydrogens (tertiary/aromatic N) is 2. The van der Waals surface area contributed by atoms with E-state index in [4.69, 9.17) is 0 Å². The SMILES string of the molecule is CC(C)(O)[C@@H](CC(=O)Cc1cc2c(c(CO)n1)C(c1ccc(F)cc1)=NC2)c1ccccc1. The first-order valence-electron chi connectivity index (χ1n) is 11.0. The summed E-state index contributed by atoms with van der Waals surface area (Å²) in [5.74, 6) is -0.710. The van der Waals surface area contributed by atoms with E-state index in [0.29, 0.717) is 23.6 Å². The van der Waals surface area contributed by atoms with Crippen molar-refractivity contribution in [2.75, 3.05) is 0 Å².